The number of halogens is 1. The summed E-state index contributed by atoms with van der Waals surface area (Å²) in [5, 5.41) is 3.06. The molecular weight excluding hydrogens is 327 g/mol. The van der Waals surface area contributed by atoms with E-state index in [1.165, 1.54) is 24.3 Å². The Bertz CT molecular complexity index is 837. The zero-order chi connectivity index (χ0) is 17.4. The molecule has 2 aromatic rings. The highest BCUT2D eigenvalue weighted by Gasteiger charge is 2.39. The Balaban J connectivity index is 1.53. The molecule has 1 atom stereocenters. The third-order valence-electron chi connectivity index (χ3n) is 4.11. The van der Waals surface area contributed by atoms with Crippen LogP contribution in [0.3, 0.4) is 0 Å². The van der Waals surface area contributed by atoms with Crippen LogP contribution in [0.25, 0.3) is 0 Å². The van der Waals surface area contributed by atoms with Gasteiger partial charge in [-0.15, -0.1) is 0 Å². The number of carbonyl (C=O) groups is 2. The van der Waals surface area contributed by atoms with E-state index in [0.717, 1.165) is 4.90 Å². The number of nitrogens with zero attached hydrogens (tertiary/aromatic N) is 1. The van der Waals surface area contributed by atoms with Crippen molar-refractivity contribution in [2.45, 2.75) is 12.5 Å². The molecular formula is C18H15FN2O4. The molecule has 128 valence electrons. The lowest BCUT2D eigenvalue weighted by molar-refractivity contribution is -0.121. The van der Waals surface area contributed by atoms with Crippen LogP contribution >= 0.6 is 0 Å². The summed E-state index contributed by atoms with van der Waals surface area (Å²) in [6.07, 6.45) is 0.0324. The van der Waals surface area contributed by atoms with E-state index < -0.39 is 11.9 Å². The average molecular weight is 342 g/mol. The summed E-state index contributed by atoms with van der Waals surface area (Å²) in [6.45, 7) is 0.970. The van der Waals surface area contributed by atoms with E-state index in [-0.39, 0.29) is 18.2 Å². The lowest BCUT2D eigenvalue weighted by Crippen LogP contribution is -2.34. The molecule has 1 N–H and O–H groups in total. The highest BCUT2D eigenvalue weighted by Crippen LogP contribution is 2.33. The molecule has 0 saturated carbocycles. The second kappa shape index (κ2) is 6.08. The van der Waals surface area contributed by atoms with Crippen molar-refractivity contribution in [3.05, 3.63) is 48.3 Å². The molecule has 25 heavy (non-hydrogen) atoms. The molecule has 2 heterocycles. The molecule has 0 spiro atoms. The first-order chi connectivity index (χ1) is 12.1. The Morgan fingerprint density at radius 3 is 2.48 bits per heavy atom. The summed E-state index contributed by atoms with van der Waals surface area (Å²) in [6, 6.07) is 9.86. The number of nitrogens with one attached hydrogen (secondary N) is 1. The molecule has 0 aliphatic carbocycles. The van der Waals surface area contributed by atoms with Gasteiger partial charge in [0, 0.05) is 11.8 Å². The van der Waals surface area contributed by atoms with E-state index in [1.807, 2.05) is 0 Å². The molecule has 7 heteroatoms. The van der Waals surface area contributed by atoms with Crippen molar-refractivity contribution < 1.29 is 23.5 Å². The van der Waals surface area contributed by atoms with E-state index in [9.17, 15) is 14.0 Å². The van der Waals surface area contributed by atoms with Gasteiger partial charge in [-0.2, -0.15) is 0 Å². The summed E-state index contributed by atoms with van der Waals surface area (Å²) >= 11 is 0. The largest absolute Gasteiger partial charge is 0.486 e. The Morgan fingerprint density at radius 1 is 1.00 bits per heavy atom. The molecule has 6 nitrogen and oxygen atoms in total. The van der Waals surface area contributed by atoms with Crippen LogP contribution in [-0.2, 0) is 9.59 Å². The Hall–Kier alpha value is -3.09. The Morgan fingerprint density at radius 2 is 1.72 bits per heavy atom. The summed E-state index contributed by atoms with van der Waals surface area (Å²) in [5.41, 5.74) is 1.03. The van der Waals surface area contributed by atoms with Crippen molar-refractivity contribution in [1.82, 2.24) is 0 Å². The van der Waals surface area contributed by atoms with Crippen LogP contribution in [0.5, 0.6) is 11.5 Å². The quantitative estimate of drug-likeness (QED) is 0.867. The monoisotopic (exact) mass is 342 g/mol. The zero-order valence-corrected chi connectivity index (χ0v) is 13.2. The van der Waals surface area contributed by atoms with Gasteiger partial charge in [0.2, 0.25) is 5.91 Å². The molecule has 1 saturated heterocycles. The number of carbonyl (C=O) groups excluding carboxylic acids is 2. The minimum absolute atomic E-state index is 0.0324. The van der Waals surface area contributed by atoms with Crippen LogP contribution in [0.4, 0.5) is 15.8 Å². The van der Waals surface area contributed by atoms with Crippen LogP contribution in [-0.4, -0.2) is 31.1 Å². The fraction of sp³-hybridized carbons (Fsp3) is 0.222. The SMILES string of the molecule is O=C1CC(Nc2ccc3c(c2)OCCO3)C(=O)N1c1ccc(F)cc1. The molecule has 0 bridgehead atoms. The van der Waals surface area contributed by atoms with Crippen LogP contribution in [0.15, 0.2) is 42.5 Å². The second-order valence-electron chi connectivity index (χ2n) is 5.80. The van der Waals surface area contributed by atoms with E-state index in [0.29, 0.717) is 36.1 Å². The first kappa shape index (κ1) is 15.4. The number of imide groups is 1. The fourth-order valence-corrected chi connectivity index (χ4v) is 2.94. The molecule has 2 aliphatic rings. The molecule has 0 radical (unpaired) electrons. The van der Waals surface area contributed by atoms with Crippen molar-refractivity contribution in [2.24, 2.45) is 0 Å². The minimum Gasteiger partial charge on any atom is -0.486 e. The highest BCUT2D eigenvalue weighted by atomic mass is 19.1. The molecule has 1 fully saturated rings. The third-order valence-corrected chi connectivity index (χ3v) is 4.11. The number of anilines is 2. The van der Waals surface area contributed by atoms with Crippen molar-refractivity contribution in [3.63, 3.8) is 0 Å². The smallest absolute Gasteiger partial charge is 0.256 e. The van der Waals surface area contributed by atoms with Crippen LogP contribution in [0.1, 0.15) is 6.42 Å². The van der Waals surface area contributed by atoms with Crippen LogP contribution in [0.2, 0.25) is 0 Å². The highest BCUT2D eigenvalue weighted by molar-refractivity contribution is 6.23. The molecule has 2 aliphatic heterocycles. The number of benzene rings is 2. The maximum absolute atomic E-state index is 13.0. The minimum atomic E-state index is -0.680. The standard InChI is InChI=1S/C18H15FN2O4/c19-11-1-4-13(5-2-11)21-17(22)10-14(18(21)23)20-12-3-6-15-16(9-12)25-8-7-24-15/h1-6,9,14,20H,7-8,10H2. The number of ether oxygens (including phenoxy) is 2. The van der Waals surface area contributed by atoms with Gasteiger partial charge in [-0.1, -0.05) is 0 Å². The van der Waals surface area contributed by atoms with Gasteiger partial charge in [0.1, 0.15) is 25.1 Å². The van der Waals surface area contributed by atoms with Gasteiger partial charge >= 0.3 is 0 Å². The van der Waals surface area contributed by atoms with Gasteiger partial charge < -0.3 is 14.8 Å². The predicted octanol–water partition coefficient (Wildman–Crippen LogP) is 2.34. The van der Waals surface area contributed by atoms with Gasteiger partial charge in [-0.05, 0) is 36.4 Å². The number of hydrogen-bond donors (Lipinski definition) is 1. The third kappa shape index (κ3) is 2.88. The normalized spacial score (nSPS) is 19.2. The number of rotatable bonds is 3. The van der Waals surface area contributed by atoms with Crippen molar-refractivity contribution in [3.8, 4) is 11.5 Å². The molecule has 0 aromatic heterocycles. The number of amides is 2. The van der Waals surface area contributed by atoms with Crippen LogP contribution < -0.4 is 19.7 Å². The maximum atomic E-state index is 13.0. The molecule has 2 amide bonds. The Kier molecular flexibility index (Phi) is 3.76. The maximum Gasteiger partial charge on any atom is 0.256 e. The lowest BCUT2D eigenvalue weighted by atomic mass is 10.2. The molecule has 1 unspecified atom stereocenters. The Labute approximate surface area is 143 Å². The summed E-state index contributed by atoms with van der Waals surface area (Å²) in [7, 11) is 0. The predicted molar refractivity (Wildman–Crippen MR) is 88.4 cm³/mol. The van der Waals surface area contributed by atoms with E-state index in [2.05, 4.69) is 5.32 Å². The molecule has 2 aromatic carbocycles. The van der Waals surface area contributed by atoms with Crippen molar-refractivity contribution in [1.29, 1.82) is 0 Å². The van der Waals surface area contributed by atoms with E-state index in [1.54, 1.807) is 18.2 Å². The fourth-order valence-electron chi connectivity index (χ4n) is 2.94. The second-order valence-corrected chi connectivity index (χ2v) is 5.80. The first-order valence-corrected chi connectivity index (χ1v) is 7.90. The lowest BCUT2D eigenvalue weighted by Gasteiger charge is -2.20. The zero-order valence-electron chi connectivity index (χ0n) is 13.2. The molecule has 4 rings (SSSR count). The van der Waals surface area contributed by atoms with Gasteiger partial charge in [-0.25, -0.2) is 9.29 Å². The van der Waals surface area contributed by atoms with E-state index >= 15 is 0 Å². The average Bonchev–Trinajstić information content (AvgIpc) is 2.89. The topological polar surface area (TPSA) is 67.9 Å². The van der Waals surface area contributed by atoms with Gasteiger partial charge in [0.05, 0.1) is 12.1 Å². The van der Waals surface area contributed by atoms with Crippen molar-refractivity contribution in [2.75, 3.05) is 23.4 Å². The van der Waals surface area contributed by atoms with Gasteiger partial charge in [0.25, 0.3) is 5.91 Å². The summed E-state index contributed by atoms with van der Waals surface area (Å²) < 4.78 is 24.0. The van der Waals surface area contributed by atoms with Crippen molar-refractivity contribution >= 4 is 23.2 Å². The van der Waals surface area contributed by atoms with Gasteiger partial charge in [-0.3, -0.25) is 9.59 Å². The summed E-state index contributed by atoms with van der Waals surface area (Å²) in [4.78, 5) is 25.9. The van der Waals surface area contributed by atoms with Gasteiger partial charge in [0.15, 0.2) is 11.5 Å². The first-order valence-electron chi connectivity index (χ1n) is 7.90. The number of fused-ring (bicyclic) bond motifs is 1. The van der Waals surface area contributed by atoms with E-state index in [4.69, 9.17) is 9.47 Å². The number of hydrogen-bond acceptors (Lipinski definition) is 5. The van der Waals surface area contributed by atoms with Crippen LogP contribution in [0, 0.1) is 5.82 Å². The summed E-state index contributed by atoms with van der Waals surface area (Å²) in [5.74, 6) is 0.133.